The molecule has 1 unspecified atom stereocenters. The second kappa shape index (κ2) is 9.03. The van der Waals surface area contributed by atoms with Gasteiger partial charge in [0.2, 0.25) is 5.91 Å². The highest BCUT2D eigenvalue weighted by Gasteiger charge is 2.31. The molecule has 0 aromatic heterocycles. The van der Waals surface area contributed by atoms with Crippen LogP contribution in [0.25, 0.3) is 0 Å². The molecule has 0 radical (unpaired) electrons. The van der Waals surface area contributed by atoms with Gasteiger partial charge in [0.15, 0.2) is 0 Å². The third-order valence-electron chi connectivity index (χ3n) is 4.94. The second-order valence-corrected chi connectivity index (χ2v) is 6.98. The van der Waals surface area contributed by atoms with E-state index < -0.39 is 0 Å². The monoisotopic (exact) mass is 360 g/mol. The summed E-state index contributed by atoms with van der Waals surface area (Å²) in [6.07, 6.45) is 2.68. The Hall–Kier alpha value is -2.08. The largest absolute Gasteiger partial charge is 0.494 e. The van der Waals surface area contributed by atoms with Crippen molar-refractivity contribution in [1.82, 2.24) is 9.80 Å². The molecule has 1 aromatic rings. The number of carbonyl (C=O) groups is 2. The maximum Gasteiger partial charge on any atom is 0.251 e. The lowest BCUT2D eigenvalue weighted by Gasteiger charge is -2.35. The van der Waals surface area contributed by atoms with Crippen molar-refractivity contribution < 1.29 is 19.1 Å². The second-order valence-electron chi connectivity index (χ2n) is 6.98. The molecular weight excluding hydrogens is 332 g/mol. The van der Waals surface area contributed by atoms with Crippen molar-refractivity contribution in [2.75, 3.05) is 39.4 Å². The fourth-order valence-electron chi connectivity index (χ4n) is 3.43. The van der Waals surface area contributed by atoms with Crippen molar-refractivity contribution in [2.45, 2.75) is 38.7 Å². The molecule has 0 bridgehead atoms. The molecule has 2 aliphatic rings. The summed E-state index contributed by atoms with van der Waals surface area (Å²) in [5, 5.41) is 0. The maximum atomic E-state index is 12.3. The third kappa shape index (κ3) is 4.97. The van der Waals surface area contributed by atoms with Gasteiger partial charge in [0, 0.05) is 39.2 Å². The van der Waals surface area contributed by atoms with Gasteiger partial charge >= 0.3 is 0 Å². The zero-order valence-electron chi connectivity index (χ0n) is 15.5. The average molecular weight is 360 g/mol. The van der Waals surface area contributed by atoms with Gasteiger partial charge in [-0.3, -0.25) is 9.59 Å². The first kappa shape index (κ1) is 18.7. The SMILES string of the molecule is Cc1cccc(OCCCC(=O)N2CCN(C(=O)C3CCCO3)CC2)c1. The lowest BCUT2D eigenvalue weighted by atomic mass is 10.2. The van der Waals surface area contributed by atoms with Gasteiger partial charge in [-0.1, -0.05) is 12.1 Å². The number of piperazine rings is 1. The highest BCUT2D eigenvalue weighted by Crippen LogP contribution is 2.16. The fraction of sp³-hybridized carbons (Fsp3) is 0.600. The fourth-order valence-corrected chi connectivity index (χ4v) is 3.43. The van der Waals surface area contributed by atoms with E-state index in [0.29, 0.717) is 52.2 Å². The molecule has 3 rings (SSSR count). The van der Waals surface area contributed by atoms with E-state index >= 15 is 0 Å². The van der Waals surface area contributed by atoms with Crippen LogP contribution in [0.4, 0.5) is 0 Å². The molecule has 0 N–H and O–H groups in total. The Morgan fingerprint density at radius 3 is 2.65 bits per heavy atom. The summed E-state index contributed by atoms with van der Waals surface area (Å²) >= 11 is 0. The molecule has 1 atom stereocenters. The molecular formula is C20H28N2O4. The van der Waals surface area contributed by atoms with E-state index in [1.807, 2.05) is 41.0 Å². The number of hydrogen-bond donors (Lipinski definition) is 0. The number of benzene rings is 1. The highest BCUT2D eigenvalue weighted by molar-refractivity contribution is 5.82. The predicted octanol–water partition coefficient (Wildman–Crippen LogP) is 2.00. The number of rotatable bonds is 6. The number of carbonyl (C=O) groups excluding carboxylic acids is 2. The van der Waals surface area contributed by atoms with Crippen molar-refractivity contribution in [3.63, 3.8) is 0 Å². The molecule has 2 aliphatic heterocycles. The van der Waals surface area contributed by atoms with Crippen LogP contribution in [0.1, 0.15) is 31.2 Å². The number of ether oxygens (including phenoxy) is 2. The topological polar surface area (TPSA) is 59.1 Å². The number of amides is 2. The van der Waals surface area contributed by atoms with Crippen LogP contribution in [0.5, 0.6) is 5.75 Å². The highest BCUT2D eigenvalue weighted by atomic mass is 16.5. The van der Waals surface area contributed by atoms with Crippen molar-refractivity contribution in [3.05, 3.63) is 29.8 Å². The normalized spacial score (nSPS) is 20.3. The third-order valence-corrected chi connectivity index (χ3v) is 4.94. The molecule has 26 heavy (non-hydrogen) atoms. The van der Waals surface area contributed by atoms with Gasteiger partial charge in [-0.25, -0.2) is 0 Å². The lowest BCUT2D eigenvalue weighted by molar-refractivity contribution is -0.146. The average Bonchev–Trinajstić information content (AvgIpc) is 3.19. The minimum atomic E-state index is -0.268. The molecule has 0 aliphatic carbocycles. The van der Waals surface area contributed by atoms with Gasteiger partial charge in [-0.05, 0) is 43.9 Å². The van der Waals surface area contributed by atoms with Crippen LogP contribution in [0, 0.1) is 6.92 Å². The van der Waals surface area contributed by atoms with Crippen LogP contribution >= 0.6 is 0 Å². The zero-order valence-corrected chi connectivity index (χ0v) is 15.5. The standard InChI is InChI=1S/C20H28N2O4/c1-16-5-2-6-17(15-16)25-13-4-8-19(23)21-9-11-22(12-10-21)20(24)18-7-3-14-26-18/h2,5-6,15,18H,3-4,7-14H2,1H3. The molecule has 0 spiro atoms. The smallest absolute Gasteiger partial charge is 0.251 e. The molecule has 1 aromatic carbocycles. The van der Waals surface area contributed by atoms with Crippen molar-refractivity contribution >= 4 is 11.8 Å². The van der Waals surface area contributed by atoms with E-state index in [-0.39, 0.29) is 17.9 Å². The zero-order chi connectivity index (χ0) is 18.4. The minimum Gasteiger partial charge on any atom is -0.494 e. The van der Waals surface area contributed by atoms with Gasteiger partial charge in [0.05, 0.1) is 6.61 Å². The quantitative estimate of drug-likeness (QED) is 0.728. The molecule has 2 heterocycles. The van der Waals surface area contributed by atoms with E-state index in [0.717, 1.165) is 24.2 Å². The van der Waals surface area contributed by atoms with Crippen LogP contribution < -0.4 is 4.74 Å². The Morgan fingerprint density at radius 2 is 1.96 bits per heavy atom. The summed E-state index contributed by atoms with van der Waals surface area (Å²) in [5.41, 5.74) is 1.16. The van der Waals surface area contributed by atoms with Crippen molar-refractivity contribution in [2.24, 2.45) is 0 Å². The van der Waals surface area contributed by atoms with E-state index in [1.165, 1.54) is 0 Å². The van der Waals surface area contributed by atoms with Crippen molar-refractivity contribution in [3.8, 4) is 5.75 Å². The van der Waals surface area contributed by atoms with Crippen LogP contribution in [-0.2, 0) is 14.3 Å². The Kier molecular flexibility index (Phi) is 6.50. The lowest BCUT2D eigenvalue weighted by Crippen LogP contribution is -2.52. The van der Waals surface area contributed by atoms with Gasteiger partial charge in [-0.15, -0.1) is 0 Å². The van der Waals surface area contributed by atoms with Gasteiger partial charge in [0.25, 0.3) is 5.91 Å². The maximum absolute atomic E-state index is 12.3. The summed E-state index contributed by atoms with van der Waals surface area (Å²) in [7, 11) is 0. The summed E-state index contributed by atoms with van der Waals surface area (Å²) < 4.78 is 11.2. The van der Waals surface area contributed by atoms with Crippen LogP contribution in [0.2, 0.25) is 0 Å². The minimum absolute atomic E-state index is 0.0844. The summed E-state index contributed by atoms with van der Waals surface area (Å²) in [6, 6.07) is 7.91. The Labute approximate surface area is 155 Å². The molecule has 2 fully saturated rings. The first-order chi connectivity index (χ1) is 12.6. The van der Waals surface area contributed by atoms with E-state index in [9.17, 15) is 9.59 Å². The van der Waals surface area contributed by atoms with Gasteiger partial charge < -0.3 is 19.3 Å². The van der Waals surface area contributed by atoms with Crippen LogP contribution in [0.15, 0.2) is 24.3 Å². The summed E-state index contributed by atoms with van der Waals surface area (Å²) in [4.78, 5) is 28.4. The van der Waals surface area contributed by atoms with Crippen molar-refractivity contribution in [1.29, 1.82) is 0 Å². The van der Waals surface area contributed by atoms with Gasteiger partial charge in [0.1, 0.15) is 11.9 Å². The van der Waals surface area contributed by atoms with E-state index in [1.54, 1.807) is 0 Å². The van der Waals surface area contributed by atoms with Gasteiger partial charge in [-0.2, -0.15) is 0 Å². The Balaban J connectivity index is 1.34. The molecule has 2 amide bonds. The Bertz CT molecular complexity index is 620. The first-order valence-corrected chi connectivity index (χ1v) is 9.51. The first-order valence-electron chi connectivity index (χ1n) is 9.51. The predicted molar refractivity (Wildman–Crippen MR) is 98.0 cm³/mol. The molecule has 2 saturated heterocycles. The summed E-state index contributed by atoms with van der Waals surface area (Å²) in [5.74, 6) is 1.07. The van der Waals surface area contributed by atoms with E-state index in [2.05, 4.69) is 0 Å². The Morgan fingerprint density at radius 1 is 1.19 bits per heavy atom. The van der Waals surface area contributed by atoms with E-state index in [4.69, 9.17) is 9.47 Å². The molecule has 6 nitrogen and oxygen atoms in total. The molecule has 142 valence electrons. The number of nitrogens with zero attached hydrogens (tertiary/aromatic N) is 2. The van der Waals surface area contributed by atoms with Crippen LogP contribution in [-0.4, -0.2) is 67.1 Å². The summed E-state index contributed by atoms with van der Waals surface area (Å²) in [6.45, 7) is 5.66. The number of hydrogen-bond acceptors (Lipinski definition) is 4. The number of aryl methyl sites for hydroxylation is 1. The molecule has 0 saturated carbocycles. The van der Waals surface area contributed by atoms with Crippen LogP contribution in [0.3, 0.4) is 0 Å². The molecule has 6 heteroatoms.